The third kappa shape index (κ3) is 5.24. The maximum Gasteiger partial charge on any atom is 0.289 e. The van der Waals surface area contributed by atoms with Crippen LogP contribution in [0.15, 0.2) is 46.7 Å². The number of aromatic amines is 1. The molecule has 0 unspecified atom stereocenters. The molecule has 0 aliphatic carbocycles. The van der Waals surface area contributed by atoms with Crippen LogP contribution in [0.3, 0.4) is 0 Å². The van der Waals surface area contributed by atoms with Crippen LogP contribution in [0.25, 0.3) is 11.3 Å². The molecule has 4 rings (SSSR count). The van der Waals surface area contributed by atoms with Crippen molar-refractivity contribution in [2.45, 2.75) is 16.5 Å². The van der Waals surface area contributed by atoms with E-state index in [1.807, 2.05) is 0 Å². The van der Waals surface area contributed by atoms with Gasteiger partial charge in [0.25, 0.3) is 12.1 Å². The number of para-hydroxylation sites is 1. The van der Waals surface area contributed by atoms with Gasteiger partial charge in [-0.05, 0) is 6.07 Å². The Bertz CT molecular complexity index is 1380. The monoisotopic (exact) mass is 541 g/mol. The first-order valence-electron chi connectivity index (χ1n) is 10.6. The predicted molar refractivity (Wildman–Crippen MR) is 125 cm³/mol. The minimum atomic E-state index is -4.10. The highest BCUT2D eigenvalue weighted by Gasteiger charge is 2.34. The Labute approximate surface area is 208 Å². The number of amides is 1. The average molecular weight is 542 g/mol. The van der Waals surface area contributed by atoms with Crippen LogP contribution in [0.5, 0.6) is 0 Å². The number of sulfonamides is 1. The van der Waals surface area contributed by atoms with E-state index >= 15 is 0 Å². The molecular formula is C20H21F2N7O5S2. The minimum absolute atomic E-state index is 0.00138. The van der Waals surface area contributed by atoms with Crippen molar-refractivity contribution in [3.8, 4) is 11.3 Å². The second-order valence-corrected chi connectivity index (χ2v) is 10.7. The molecule has 2 aromatic heterocycles. The van der Waals surface area contributed by atoms with Gasteiger partial charge in [-0.2, -0.15) is 9.40 Å². The number of aryl methyl sites for hydroxylation is 1. The van der Waals surface area contributed by atoms with Crippen molar-refractivity contribution < 1.29 is 26.9 Å². The Balaban J connectivity index is 1.35. The number of nitrogens with zero attached hydrogens (tertiary/aromatic N) is 6. The molecule has 12 nitrogen and oxygen atoms in total. The molecule has 0 radical (unpaired) electrons. The van der Waals surface area contributed by atoms with E-state index in [2.05, 4.69) is 15.1 Å². The molecule has 36 heavy (non-hydrogen) atoms. The van der Waals surface area contributed by atoms with Gasteiger partial charge in [0, 0.05) is 51.1 Å². The lowest BCUT2D eigenvalue weighted by Crippen LogP contribution is -2.51. The first-order chi connectivity index (χ1) is 17.1. The number of benzene rings is 1. The van der Waals surface area contributed by atoms with Gasteiger partial charge in [0.05, 0.1) is 22.6 Å². The van der Waals surface area contributed by atoms with Crippen molar-refractivity contribution in [2.24, 2.45) is 7.05 Å². The molecule has 1 aliphatic heterocycles. The summed E-state index contributed by atoms with van der Waals surface area (Å²) in [6, 6.07) is 5.13. The number of alkyl halides is 2. The zero-order valence-electron chi connectivity index (χ0n) is 18.9. The largest absolute Gasteiger partial charge is 0.339 e. The average Bonchev–Trinajstić information content (AvgIpc) is 3.49. The third-order valence-corrected chi connectivity index (χ3v) is 8.33. The fourth-order valence-electron chi connectivity index (χ4n) is 3.75. The van der Waals surface area contributed by atoms with Crippen molar-refractivity contribution in [1.29, 1.82) is 0 Å². The number of H-pyrrole nitrogens is 1. The van der Waals surface area contributed by atoms with Crippen molar-refractivity contribution in [3.63, 3.8) is 0 Å². The van der Waals surface area contributed by atoms with Crippen molar-refractivity contribution >= 4 is 33.4 Å². The lowest BCUT2D eigenvalue weighted by atomic mass is 10.2. The number of nitro groups is 1. The SMILES string of the molecule is Cn1cc(-c2cnc(SCC(=O)N3CCN(S(=O)(=O)c4ccccc4[N+](=O)[O-])CC3)[nH]2)c(C(F)F)n1. The van der Waals surface area contributed by atoms with Gasteiger partial charge >= 0.3 is 0 Å². The fourth-order valence-corrected chi connectivity index (χ4v) is 6.08. The number of piperazine rings is 1. The van der Waals surface area contributed by atoms with E-state index < -0.39 is 27.1 Å². The first-order valence-corrected chi connectivity index (χ1v) is 13.0. The van der Waals surface area contributed by atoms with Crippen molar-refractivity contribution in [1.82, 2.24) is 29.0 Å². The molecule has 1 N–H and O–H groups in total. The number of rotatable bonds is 8. The number of hydrogen-bond acceptors (Lipinski definition) is 8. The fraction of sp³-hybridized carbons (Fsp3) is 0.350. The molecular weight excluding hydrogens is 520 g/mol. The highest BCUT2D eigenvalue weighted by atomic mass is 32.2. The molecule has 192 valence electrons. The molecule has 1 aliphatic rings. The molecule has 0 spiro atoms. The van der Waals surface area contributed by atoms with Gasteiger partial charge in [0.15, 0.2) is 10.1 Å². The third-order valence-electron chi connectivity index (χ3n) is 5.51. The lowest BCUT2D eigenvalue weighted by Gasteiger charge is -2.33. The Morgan fingerprint density at radius 2 is 1.94 bits per heavy atom. The number of nitro benzene ring substituents is 1. The molecule has 3 aromatic rings. The number of halogens is 2. The summed E-state index contributed by atoms with van der Waals surface area (Å²) in [6.07, 6.45) is 0.0894. The zero-order chi connectivity index (χ0) is 26.0. The molecule has 1 fully saturated rings. The van der Waals surface area contributed by atoms with E-state index in [0.29, 0.717) is 10.9 Å². The topological polar surface area (TPSA) is 147 Å². The highest BCUT2D eigenvalue weighted by molar-refractivity contribution is 7.99. The van der Waals surface area contributed by atoms with Crippen molar-refractivity contribution in [3.05, 3.63) is 52.5 Å². The second-order valence-electron chi connectivity index (χ2n) is 7.80. The minimum Gasteiger partial charge on any atom is -0.339 e. The highest BCUT2D eigenvalue weighted by Crippen LogP contribution is 2.30. The Hall–Kier alpha value is -3.37. The summed E-state index contributed by atoms with van der Waals surface area (Å²) in [5.41, 5.74) is -0.309. The summed E-state index contributed by atoms with van der Waals surface area (Å²) in [4.78, 5) is 31.3. The number of carbonyl (C=O) groups is 1. The van der Waals surface area contributed by atoms with Gasteiger partial charge < -0.3 is 9.88 Å². The van der Waals surface area contributed by atoms with E-state index in [1.54, 1.807) is 0 Å². The summed E-state index contributed by atoms with van der Waals surface area (Å²) >= 11 is 1.09. The van der Waals surface area contributed by atoms with Gasteiger partial charge in [-0.1, -0.05) is 23.9 Å². The standard InChI is InChI=1S/C20H21F2N7O5S2/c1-26-11-13(18(25-26)19(21)22)14-10-23-20(24-14)35-12-17(30)27-6-8-28(9-7-27)36(33,34)16-5-3-2-4-15(16)29(31)32/h2-5,10-11,19H,6-9,12H2,1H3,(H,23,24). The van der Waals surface area contributed by atoms with E-state index in [4.69, 9.17) is 0 Å². The van der Waals surface area contributed by atoms with E-state index in [9.17, 15) is 32.1 Å². The van der Waals surface area contributed by atoms with Crippen LogP contribution in [0.4, 0.5) is 14.5 Å². The Morgan fingerprint density at radius 1 is 1.25 bits per heavy atom. The van der Waals surface area contributed by atoms with Crippen LogP contribution in [0, 0.1) is 10.1 Å². The number of nitrogens with one attached hydrogen (secondary N) is 1. The van der Waals surface area contributed by atoms with Gasteiger partial charge in [0.2, 0.25) is 15.9 Å². The lowest BCUT2D eigenvalue weighted by molar-refractivity contribution is -0.387. The summed E-state index contributed by atoms with van der Waals surface area (Å²) < 4.78 is 54.7. The smallest absolute Gasteiger partial charge is 0.289 e. The maximum atomic E-state index is 13.2. The molecule has 0 saturated carbocycles. The molecule has 1 aromatic carbocycles. The molecule has 0 atom stereocenters. The molecule has 1 saturated heterocycles. The normalized spacial score (nSPS) is 14.9. The number of imidazole rings is 1. The van der Waals surface area contributed by atoms with Crippen LogP contribution in [0.2, 0.25) is 0 Å². The van der Waals surface area contributed by atoms with Gasteiger partial charge in [0.1, 0.15) is 5.69 Å². The van der Waals surface area contributed by atoms with Crippen LogP contribution in [0.1, 0.15) is 12.1 Å². The molecule has 1 amide bonds. The predicted octanol–water partition coefficient (Wildman–Crippen LogP) is 2.28. The summed E-state index contributed by atoms with van der Waals surface area (Å²) in [5, 5.41) is 15.4. The van der Waals surface area contributed by atoms with Gasteiger partial charge in [-0.25, -0.2) is 22.2 Å². The van der Waals surface area contributed by atoms with E-state index in [0.717, 1.165) is 22.1 Å². The number of thioether (sulfide) groups is 1. The Morgan fingerprint density at radius 3 is 2.61 bits per heavy atom. The quantitative estimate of drug-likeness (QED) is 0.260. The zero-order valence-corrected chi connectivity index (χ0v) is 20.5. The number of hydrogen-bond donors (Lipinski definition) is 1. The second kappa shape index (κ2) is 10.3. The summed E-state index contributed by atoms with van der Waals surface area (Å²) in [6.45, 7) is 0.229. The molecule has 0 bridgehead atoms. The summed E-state index contributed by atoms with van der Waals surface area (Å²) in [7, 11) is -2.57. The Kier molecular flexibility index (Phi) is 7.37. The van der Waals surface area contributed by atoms with Gasteiger partial charge in [-0.3, -0.25) is 19.6 Å². The van der Waals surface area contributed by atoms with Crippen LogP contribution in [-0.2, 0) is 21.9 Å². The van der Waals surface area contributed by atoms with Crippen LogP contribution in [-0.4, -0.2) is 80.1 Å². The number of aromatic nitrogens is 4. The molecule has 16 heteroatoms. The van der Waals surface area contributed by atoms with Crippen molar-refractivity contribution in [2.75, 3.05) is 31.9 Å². The first kappa shape index (κ1) is 25.7. The van der Waals surface area contributed by atoms with Crippen LogP contribution < -0.4 is 0 Å². The van der Waals surface area contributed by atoms with E-state index in [-0.39, 0.29) is 54.0 Å². The van der Waals surface area contributed by atoms with Crippen LogP contribution >= 0.6 is 11.8 Å². The van der Waals surface area contributed by atoms with E-state index in [1.165, 1.54) is 47.2 Å². The summed E-state index contributed by atoms with van der Waals surface area (Å²) in [5.74, 6) is -0.256. The number of carbonyl (C=O) groups excluding carboxylic acids is 1. The molecule has 3 heterocycles. The van der Waals surface area contributed by atoms with Gasteiger partial charge in [-0.15, -0.1) is 0 Å². The maximum absolute atomic E-state index is 13.2.